The summed E-state index contributed by atoms with van der Waals surface area (Å²) in [6.07, 6.45) is 1.49. The number of carbonyl (C=O) groups is 1. The molecule has 0 aliphatic heterocycles. The molecule has 1 atom stereocenters. The van der Waals surface area contributed by atoms with Crippen molar-refractivity contribution in [2.75, 3.05) is 6.54 Å². The number of carbonyl (C=O) groups excluding carboxylic acids is 1. The monoisotopic (exact) mass is 324 g/mol. The molecule has 1 unspecified atom stereocenters. The third-order valence-electron chi connectivity index (χ3n) is 4.29. The molecular weight excluding hydrogens is 292 g/mol. The predicted octanol–water partition coefficient (Wildman–Crippen LogP) is 2.76. The molecule has 6 nitrogen and oxygen atoms in total. The van der Waals surface area contributed by atoms with Gasteiger partial charge < -0.3 is 15.4 Å². The molecule has 132 valence electrons. The predicted molar refractivity (Wildman–Crippen MR) is 92.3 cm³/mol. The van der Waals surface area contributed by atoms with E-state index in [0.717, 1.165) is 11.3 Å². The first-order chi connectivity index (χ1) is 10.4. The number of rotatable bonds is 6. The molecule has 0 bridgehead atoms. The van der Waals surface area contributed by atoms with Crippen LogP contribution in [0, 0.1) is 12.8 Å². The second kappa shape index (κ2) is 7.34. The van der Waals surface area contributed by atoms with Gasteiger partial charge in [0.05, 0.1) is 6.20 Å². The van der Waals surface area contributed by atoms with E-state index >= 15 is 0 Å². The minimum absolute atomic E-state index is 0.237. The molecule has 0 saturated heterocycles. The first-order valence-corrected chi connectivity index (χ1v) is 8.14. The van der Waals surface area contributed by atoms with Gasteiger partial charge in [-0.05, 0) is 40.5 Å². The molecule has 0 saturated carbocycles. The Kier molecular flexibility index (Phi) is 6.22. The van der Waals surface area contributed by atoms with E-state index in [2.05, 4.69) is 43.4 Å². The molecule has 0 aromatic carbocycles. The highest BCUT2D eigenvalue weighted by atomic mass is 16.6. The van der Waals surface area contributed by atoms with Crippen LogP contribution in [0.5, 0.6) is 0 Å². The van der Waals surface area contributed by atoms with Gasteiger partial charge in [0.1, 0.15) is 5.60 Å². The van der Waals surface area contributed by atoms with Crippen molar-refractivity contribution >= 4 is 6.09 Å². The number of nitrogens with zero attached hydrogens (tertiary/aromatic N) is 2. The molecule has 1 aromatic heterocycles. The van der Waals surface area contributed by atoms with Gasteiger partial charge in [-0.2, -0.15) is 5.10 Å². The lowest BCUT2D eigenvalue weighted by Crippen LogP contribution is -2.55. The third-order valence-corrected chi connectivity index (χ3v) is 4.29. The SMILES string of the molecule is Cc1c(CNC(C)(CNC(=O)OC(C)(C)C)C(C)C)cnn1C. The Hall–Kier alpha value is -1.56. The van der Waals surface area contributed by atoms with Crippen LogP contribution >= 0.6 is 0 Å². The Bertz CT molecular complexity index is 531. The topological polar surface area (TPSA) is 68.2 Å². The van der Waals surface area contributed by atoms with E-state index in [4.69, 9.17) is 4.74 Å². The van der Waals surface area contributed by atoms with Crippen LogP contribution in [0.1, 0.15) is 52.8 Å². The Balaban J connectivity index is 2.64. The lowest BCUT2D eigenvalue weighted by molar-refractivity contribution is 0.0503. The van der Waals surface area contributed by atoms with E-state index in [9.17, 15) is 4.79 Å². The zero-order chi connectivity index (χ0) is 17.8. The van der Waals surface area contributed by atoms with Crippen LogP contribution in [0.3, 0.4) is 0 Å². The van der Waals surface area contributed by atoms with Crippen molar-refractivity contribution in [3.63, 3.8) is 0 Å². The molecule has 0 spiro atoms. The van der Waals surface area contributed by atoms with E-state index in [0.29, 0.717) is 19.0 Å². The van der Waals surface area contributed by atoms with Gasteiger partial charge in [0.15, 0.2) is 0 Å². The number of hydrogen-bond acceptors (Lipinski definition) is 4. The van der Waals surface area contributed by atoms with Crippen molar-refractivity contribution in [3.8, 4) is 0 Å². The summed E-state index contributed by atoms with van der Waals surface area (Å²) in [5.41, 5.74) is 1.58. The van der Waals surface area contributed by atoms with Gasteiger partial charge in [0.25, 0.3) is 0 Å². The molecule has 1 rings (SSSR count). The van der Waals surface area contributed by atoms with Gasteiger partial charge in [0.2, 0.25) is 0 Å². The van der Waals surface area contributed by atoms with Gasteiger partial charge in [0, 0.05) is 36.9 Å². The zero-order valence-corrected chi connectivity index (χ0v) is 15.8. The van der Waals surface area contributed by atoms with Crippen molar-refractivity contribution in [2.24, 2.45) is 13.0 Å². The first kappa shape index (κ1) is 19.5. The average Bonchev–Trinajstić information content (AvgIpc) is 2.72. The summed E-state index contributed by atoms with van der Waals surface area (Å²) in [4.78, 5) is 11.9. The average molecular weight is 324 g/mol. The highest BCUT2D eigenvalue weighted by Gasteiger charge is 2.29. The smallest absolute Gasteiger partial charge is 0.407 e. The number of amides is 1. The normalized spacial score (nSPS) is 14.7. The standard InChI is InChI=1S/C17H32N4O2/c1-12(2)17(7,11-18-15(22)23-16(4,5)6)19-9-14-10-20-21(8)13(14)3/h10,12,19H,9,11H2,1-8H3,(H,18,22). The summed E-state index contributed by atoms with van der Waals surface area (Å²) in [5, 5.41) is 10.7. The Morgan fingerprint density at radius 3 is 2.39 bits per heavy atom. The molecule has 0 aliphatic rings. The molecule has 2 N–H and O–H groups in total. The number of aryl methyl sites for hydroxylation is 1. The number of ether oxygens (including phenoxy) is 1. The lowest BCUT2D eigenvalue weighted by atomic mass is 9.88. The highest BCUT2D eigenvalue weighted by Crippen LogP contribution is 2.18. The largest absolute Gasteiger partial charge is 0.444 e. The maximum atomic E-state index is 11.9. The maximum Gasteiger partial charge on any atom is 0.407 e. The van der Waals surface area contributed by atoms with Crippen LogP contribution in [0.4, 0.5) is 4.79 Å². The third kappa shape index (κ3) is 5.86. The molecule has 6 heteroatoms. The van der Waals surface area contributed by atoms with E-state index < -0.39 is 5.60 Å². The van der Waals surface area contributed by atoms with Gasteiger partial charge in [-0.25, -0.2) is 4.79 Å². The van der Waals surface area contributed by atoms with Gasteiger partial charge in [-0.15, -0.1) is 0 Å². The van der Waals surface area contributed by atoms with E-state index in [1.165, 1.54) is 0 Å². The second-order valence-electron chi connectivity index (χ2n) is 7.66. The first-order valence-electron chi connectivity index (χ1n) is 8.14. The van der Waals surface area contributed by atoms with Crippen LogP contribution in [-0.4, -0.2) is 33.6 Å². The number of hydrogen-bond donors (Lipinski definition) is 2. The molecule has 1 amide bonds. The fraction of sp³-hybridized carbons (Fsp3) is 0.765. The fourth-order valence-corrected chi connectivity index (χ4v) is 2.06. The highest BCUT2D eigenvalue weighted by molar-refractivity contribution is 5.67. The number of alkyl carbamates (subject to hydrolysis) is 1. The molecule has 0 aliphatic carbocycles. The lowest BCUT2D eigenvalue weighted by Gasteiger charge is -2.35. The van der Waals surface area contributed by atoms with Gasteiger partial charge >= 0.3 is 6.09 Å². The molecular formula is C17H32N4O2. The van der Waals surface area contributed by atoms with Crippen LogP contribution in [0.2, 0.25) is 0 Å². The van der Waals surface area contributed by atoms with Crippen molar-refractivity contribution in [3.05, 3.63) is 17.5 Å². The van der Waals surface area contributed by atoms with Gasteiger partial charge in [-0.1, -0.05) is 13.8 Å². The van der Waals surface area contributed by atoms with E-state index in [1.54, 1.807) is 0 Å². The molecule has 1 heterocycles. The van der Waals surface area contributed by atoms with Crippen molar-refractivity contribution in [2.45, 2.75) is 66.2 Å². The Labute approximate surface area is 140 Å². The van der Waals surface area contributed by atoms with E-state index in [1.807, 2.05) is 38.7 Å². The van der Waals surface area contributed by atoms with Crippen LogP contribution < -0.4 is 10.6 Å². The van der Waals surface area contributed by atoms with Crippen LogP contribution in [-0.2, 0) is 18.3 Å². The molecule has 0 fully saturated rings. The molecule has 1 aromatic rings. The van der Waals surface area contributed by atoms with Crippen molar-refractivity contribution in [1.82, 2.24) is 20.4 Å². The maximum absolute atomic E-state index is 11.9. The fourth-order valence-electron chi connectivity index (χ4n) is 2.06. The van der Waals surface area contributed by atoms with Gasteiger partial charge in [-0.3, -0.25) is 4.68 Å². The minimum Gasteiger partial charge on any atom is -0.444 e. The van der Waals surface area contributed by atoms with Crippen molar-refractivity contribution in [1.29, 1.82) is 0 Å². The Morgan fingerprint density at radius 2 is 1.96 bits per heavy atom. The quantitative estimate of drug-likeness (QED) is 0.844. The summed E-state index contributed by atoms with van der Waals surface area (Å²) in [6.45, 7) is 15.2. The summed E-state index contributed by atoms with van der Waals surface area (Å²) in [5.74, 6) is 0.342. The number of nitrogens with one attached hydrogen (secondary N) is 2. The summed E-state index contributed by atoms with van der Waals surface area (Å²) in [7, 11) is 1.94. The minimum atomic E-state index is -0.488. The summed E-state index contributed by atoms with van der Waals surface area (Å²) in [6, 6.07) is 0. The summed E-state index contributed by atoms with van der Waals surface area (Å²) >= 11 is 0. The zero-order valence-electron chi connectivity index (χ0n) is 15.8. The molecule has 23 heavy (non-hydrogen) atoms. The van der Waals surface area contributed by atoms with Crippen molar-refractivity contribution < 1.29 is 9.53 Å². The van der Waals surface area contributed by atoms with Crippen LogP contribution in [0.25, 0.3) is 0 Å². The van der Waals surface area contributed by atoms with E-state index in [-0.39, 0.29) is 11.6 Å². The van der Waals surface area contributed by atoms with Crippen LogP contribution in [0.15, 0.2) is 6.20 Å². The molecule has 0 radical (unpaired) electrons. The number of aromatic nitrogens is 2. The second-order valence-corrected chi connectivity index (χ2v) is 7.66. The Morgan fingerprint density at radius 1 is 1.35 bits per heavy atom. The summed E-state index contributed by atoms with van der Waals surface area (Å²) < 4.78 is 7.17.